The molecule has 2 amide bonds. The highest BCUT2D eigenvalue weighted by atomic mass is 16.2. The van der Waals surface area contributed by atoms with Crippen molar-refractivity contribution in [3.63, 3.8) is 0 Å². The number of carbonyl (C=O) groups excluding carboxylic acids is 2. The molecule has 4 aromatic rings. The van der Waals surface area contributed by atoms with Crippen molar-refractivity contribution >= 4 is 35.3 Å². The number of carbonyl (C=O) groups is 2. The molecule has 0 aliphatic heterocycles. The van der Waals surface area contributed by atoms with Crippen molar-refractivity contribution < 1.29 is 9.59 Å². The van der Waals surface area contributed by atoms with Gasteiger partial charge in [0.2, 0.25) is 11.8 Å². The Morgan fingerprint density at radius 2 is 0.895 bits per heavy atom. The van der Waals surface area contributed by atoms with Crippen LogP contribution < -0.4 is 10.6 Å². The maximum atomic E-state index is 12.4. The molecule has 0 saturated heterocycles. The lowest BCUT2D eigenvalue weighted by Crippen LogP contribution is -2.09. The minimum absolute atomic E-state index is 0.172. The first-order valence-electron chi connectivity index (χ1n) is 12.6. The van der Waals surface area contributed by atoms with E-state index in [0.29, 0.717) is 0 Å². The Bertz CT molecular complexity index is 1390. The molecule has 0 saturated carbocycles. The summed E-state index contributed by atoms with van der Waals surface area (Å²) in [5, 5.41) is 5.92. The highest BCUT2D eigenvalue weighted by Gasteiger charge is 2.08. The van der Waals surface area contributed by atoms with Crippen LogP contribution in [0.15, 0.2) is 97.1 Å². The second kappa shape index (κ2) is 12.0. The van der Waals surface area contributed by atoms with Crippen LogP contribution in [0.1, 0.15) is 33.4 Å². The molecule has 0 bridgehead atoms. The predicted octanol–water partition coefficient (Wildman–Crippen LogP) is 7.89. The Morgan fingerprint density at radius 1 is 0.526 bits per heavy atom. The molecule has 0 radical (unpaired) electrons. The summed E-state index contributed by atoms with van der Waals surface area (Å²) in [5.74, 6) is -0.345. The Balaban J connectivity index is 1.39. The number of amides is 2. The van der Waals surface area contributed by atoms with Gasteiger partial charge in [-0.1, -0.05) is 71.8 Å². The van der Waals surface area contributed by atoms with Crippen LogP contribution in [0.2, 0.25) is 0 Å². The van der Waals surface area contributed by atoms with Gasteiger partial charge >= 0.3 is 0 Å². The van der Waals surface area contributed by atoms with Crippen LogP contribution in [0.5, 0.6) is 0 Å². The smallest absolute Gasteiger partial charge is 0.248 e. The van der Waals surface area contributed by atoms with Crippen LogP contribution in [-0.4, -0.2) is 11.8 Å². The maximum absolute atomic E-state index is 12.4. The van der Waals surface area contributed by atoms with Gasteiger partial charge in [0.25, 0.3) is 0 Å². The van der Waals surface area contributed by atoms with Gasteiger partial charge in [0, 0.05) is 23.5 Å². The summed E-state index contributed by atoms with van der Waals surface area (Å²) in [6.45, 7) is 8.02. The monoisotopic (exact) mass is 500 g/mol. The highest BCUT2D eigenvalue weighted by molar-refractivity contribution is 6.03. The molecule has 0 spiro atoms. The molecule has 0 aliphatic rings. The number of benzene rings is 4. The van der Waals surface area contributed by atoms with Gasteiger partial charge in [-0.05, 0) is 97.5 Å². The highest BCUT2D eigenvalue weighted by Crippen LogP contribution is 2.28. The van der Waals surface area contributed by atoms with E-state index < -0.39 is 0 Å². The Labute approximate surface area is 224 Å². The molecule has 0 atom stereocenters. The zero-order valence-electron chi connectivity index (χ0n) is 22.2. The summed E-state index contributed by atoms with van der Waals surface area (Å²) in [6.07, 6.45) is 6.70. The van der Waals surface area contributed by atoms with Crippen molar-refractivity contribution in [3.05, 3.63) is 130 Å². The standard InChI is InChI=1S/C34H32N2O2/c1-23-5-9-27(10-6-23)13-19-33(37)35-31-17-15-29(21-25(31)3)30-16-18-32(26(4)22-30)36-34(38)20-14-28-11-7-24(2)8-12-28/h5-22H,1-4H3,(H,35,37)(H,36,38). The minimum Gasteiger partial charge on any atom is -0.322 e. The van der Waals surface area contributed by atoms with Crippen molar-refractivity contribution in [2.24, 2.45) is 0 Å². The first-order chi connectivity index (χ1) is 18.3. The lowest BCUT2D eigenvalue weighted by atomic mass is 10.00. The van der Waals surface area contributed by atoms with Crippen LogP contribution in [-0.2, 0) is 9.59 Å². The van der Waals surface area contributed by atoms with E-state index in [-0.39, 0.29) is 11.8 Å². The molecular formula is C34H32N2O2. The van der Waals surface area contributed by atoms with E-state index in [1.165, 1.54) is 11.1 Å². The lowest BCUT2D eigenvalue weighted by Gasteiger charge is -2.12. The zero-order chi connectivity index (χ0) is 27.1. The lowest BCUT2D eigenvalue weighted by molar-refractivity contribution is -0.112. The third-order valence-electron chi connectivity index (χ3n) is 6.31. The van der Waals surface area contributed by atoms with Crippen molar-refractivity contribution in [1.29, 1.82) is 0 Å². The van der Waals surface area contributed by atoms with E-state index >= 15 is 0 Å². The van der Waals surface area contributed by atoms with Gasteiger partial charge in [-0.2, -0.15) is 0 Å². The first-order valence-corrected chi connectivity index (χ1v) is 12.6. The molecule has 4 rings (SSSR count). The zero-order valence-corrected chi connectivity index (χ0v) is 22.2. The average Bonchev–Trinajstić information content (AvgIpc) is 2.90. The predicted molar refractivity (Wildman–Crippen MR) is 159 cm³/mol. The summed E-state index contributed by atoms with van der Waals surface area (Å²) >= 11 is 0. The molecule has 38 heavy (non-hydrogen) atoms. The topological polar surface area (TPSA) is 58.2 Å². The molecule has 4 heteroatoms. The maximum Gasteiger partial charge on any atom is 0.248 e. The first kappa shape index (κ1) is 26.4. The molecule has 0 heterocycles. The van der Waals surface area contributed by atoms with Crippen molar-refractivity contribution in [1.82, 2.24) is 0 Å². The molecule has 0 aromatic heterocycles. The summed E-state index contributed by atoms with van der Waals surface area (Å²) in [4.78, 5) is 24.9. The fourth-order valence-electron chi connectivity index (χ4n) is 4.01. The quantitative estimate of drug-likeness (QED) is 0.254. The minimum atomic E-state index is -0.172. The van der Waals surface area contributed by atoms with Crippen molar-refractivity contribution in [3.8, 4) is 11.1 Å². The Morgan fingerprint density at radius 3 is 1.24 bits per heavy atom. The van der Waals surface area contributed by atoms with E-state index in [9.17, 15) is 9.59 Å². The van der Waals surface area contributed by atoms with Gasteiger partial charge in [0.05, 0.1) is 0 Å². The van der Waals surface area contributed by atoms with Crippen molar-refractivity contribution in [2.45, 2.75) is 27.7 Å². The van der Waals surface area contributed by atoms with Gasteiger partial charge in [0.1, 0.15) is 0 Å². The number of anilines is 2. The molecule has 2 N–H and O–H groups in total. The van der Waals surface area contributed by atoms with E-state index in [0.717, 1.165) is 44.8 Å². The SMILES string of the molecule is Cc1ccc(C=CC(=O)Nc2ccc(-c3ccc(NC(=O)C=Cc4ccc(C)cc4)c(C)c3)cc2C)cc1. The van der Waals surface area contributed by atoms with Crippen LogP contribution in [0, 0.1) is 27.7 Å². The van der Waals surface area contributed by atoms with Crippen LogP contribution in [0.3, 0.4) is 0 Å². The van der Waals surface area contributed by atoms with Crippen LogP contribution >= 0.6 is 0 Å². The summed E-state index contributed by atoms with van der Waals surface area (Å²) in [6, 6.07) is 27.9. The fourth-order valence-corrected chi connectivity index (χ4v) is 4.01. The largest absolute Gasteiger partial charge is 0.322 e. The fraction of sp³-hybridized carbons (Fsp3) is 0.118. The second-order valence-corrected chi connectivity index (χ2v) is 9.53. The molecule has 190 valence electrons. The molecule has 0 fully saturated rings. The van der Waals surface area contributed by atoms with E-state index in [1.807, 2.05) is 100 Å². The van der Waals surface area contributed by atoms with Gasteiger partial charge in [-0.15, -0.1) is 0 Å². The molecule has 0 aliphatic carbocycles. The Kier molecular flexibility index (Phi) is 8.34. The average molecular weight is 501 g/mol. The molecule has 0 unspecified atom stereocenters. The summed E-state index contributed by atoms with van der Waals surface area (Å²) in [7, 11) is 0. The molecule has 4 aromatic carbocycles. The summed E-state index contributed by atoms with van der Waals surface area (Å²) < 4.78 is 0. The van der Waals surface area contributed by atoms with E-state index in [2.05, 4.69) is 22.8 Å². The van der Waals surface area contributed by atoms with Crippen LogP contribution in [0.4, 0.5) is 11.4 Å². The van der Waals surface area contributed by atoms with E-state index in [4.69, 9.17) is 0 Å². The van der Waals surface area contributed by atoms with Crippen LogP contribution in [0.25, 0.3) is 23.3 Å². The molecule has 4 nitrogen and oxygen atoms in total. The number of nitrogens with one attached hydrogen (secondary N) is 2. The van der Waals surface area contributed by atoms with Crippen molar-refractivity contribution in [2.75, 3.05) is 10.6 Å². The van der Waals surface area contributed by atoms with Gasteiger partial charge in [-0.25, -0.2) is 0 Å². The third-order valence-corrected chi connectivity index (χ3v) is 6.31. The molecular weight excluding hydrogens is 468 g/mol. The third kappa shape index (κ3) is 7.17. The van der Waals surface area contributed by atoms with Gasteiger partial charge in [-0.3, -0.25) is 9.59 Å². The van der Waals surface area contributed by atoms with E-state index in [1.54, 1.807) is 24.3 Å². The van der Waals surface area contributed by atoms with Gasteiger partial charge in [0.15, 0.2) is 0 Å². The Hall–Kier alpha value is -4.70. The van der Waals surface area contributed by atoms with Gasteiger partial charge < -0.3 is 10.6 Å². The normalized spacial score (nSPS) is 11.2. The number of rotatable bonds is 7. The second-order valence-electron chi connectivity index (χ2n) is 9.53. The summed E-state index contributed by atoms with van der Waals surface area (Å²) in [5.41, 5.74) is 9.89. The number of hydrogen-bond acceptors (Lipinski definition) is 2. The number of aryl methyl sites for hydroxylation is 4. The number of hydrogen-bond donors (Lipinski definition) is 2.